The zero-order valence-corrected chi connectivity index (χ0v) is 33.8. The Labute approximate surface area is 359 Å². The van der Waals surface area contributed by atoms with Gasteiger partial charge in [0.2, 0.25) is 0 Å². The number of para-hydroxylation sites is 2. The van der Waals surface area contributed by atoms with Gasteiger partial charge in [0.1, 0.15) is 5.82 Å². The predicted molar refractivity (Wildman–Crippen MR) is 252 cm³/mol. The highest BCUT2D eigenvalue weighted by molar-refractivity contribution is 6.10. The molecule has 2 aromatic heterocycles. The normalized spacial score (nSPS) is 15.5. The van der Waals surface area contributed by atoms with Gasteiger partial charge in [0.25, 0.3) is 0 Å². The quantitative estimate of drug-likeness (QED) is 0.174. The molecule has 62 heavy (non-hydrogen) atoms. The number of hydrogen-bond donors (Lipinski definition) is 0. The average Bonchev–Trinajstić information content (AvgIpc) is 3.96. The predicted octanol–water partition coefficient (Wildman–Crippen LogP) is 13.8. The molecule has 0 amide bonds. The highest BCUT2D eigenvalue weighted by Crippen LogP contribution is 2.65. The molecule has 0 aliphatic heterocycles. The topological polar surface area (TPSA) is 43.6 Å². The van der Waals surface area contributed by atoms with E-state index in [1.807, 2.05) is 6.07 Å². The molecule has 13 rings (SSSR count). The summed E-state index contributed by atoms with van der Waals surface area (Å²) in [6.45, 7) is 0. The molecule has 0 saturated heterocycles. The standard InChI is InChI=1S/C58H38N4/c1-3-17-37(18-4-1)55-59-56(40-20-15-19-38(35-40)39-33-34-53-48(36-39)45-26-10-14-32-52(45)62(53)41-21-5-2-6-22-41)61-57(60-55)47-28-16-27-46-44-25-9-13-31-51(44)58(54(46)47)49-29-11-7-23-42(49)43-24-8-12-30-50(43)58/h1-27,29-36,47H,28H2. The maximum Gasteiger partial charge on any atom is 0.163 e. The summed E-state index contributed by atoms with van der Waals surface area (Å²) in [6, 6.07) is 72.2. The molecule has 4 heteroatoms. The van der Waals surface area contributed by atoms with E-state index >= 15 is 0 Å². The van der Waals surface area contributed by atoms with Crippen LogP contribution >= 0.6 is 0 Å². The molecule has 290 valence electrons. The van der Waals surface area contributed by atoms with Crippen molar-refractivity contribution in [2.45, 2.75) is 17.8 Å². The Morgan fingerprint density at radius 2 is 1.00 bits per heavy atom. The number of benzene rings is 8. The molecule has 0 saturated carbocycles. The van der Waals surface area contributed by atoms with E-state index in [0.717, 1.165) is 40.2 Å². The van der Waals surface area contributed by atoms with Crippen molar-refractivity contribution in [1.29, 1.82) is 0 Å². The van der Waals surface area contributed by atoms with Gasteiger partial charge in [0, 0.05) is 33.5 Å². The van der Waals surface area contributed by atoms with Crippen LogP contribution in [0.4, 0.5) is 0 Å². The molecule has 4 nitrogen and oxygen atoms in total. The highest BCUT2D eigenvalue weighted by atomic mass is 15.0. The average molecular weight is 791 g/mol. The number of hydrogen-bond acceptors (Lipinski definition) is 3. The van der Waals surface area contributed by atoms with Crippen LogP contribution in [0.3, 0.4) is 0 Å². The lowest BCUT2D eigenvalue weighted by Crippen LogP contribution is -2.31. The van der Waals surface area contributed by atoms with E-state index in [2.05, 4.69) is 211 Å². The Morgan fingerprint density at radius 1 is 0.435 bits per heavy atom. The van der Waals surface area contributed by atoms with Crippen molar-refractivity contribution in [3.63, 3.8) is 0 Å². The van der Waals surface area contributed by atoms with E-state index in [-0.39, 0.29) is 5.92 Å². The fourth-order valence-corrected chi connectivity index (χ4v) is 10.9. The molecule has 0 bridgehead atoms. The molecule has 1 atom stereocenters. The van der Waals surface area contributed by atoms with Crippen molar-refractivity contribution < 1.29 is 0 Å². The Kier molecular flexibility index (Phi) is 7.61. The second-order valence-corrected chi connectivity index (χ2v) is 16.6. The van der Waals surface area contributed by atoms with Crippen molar-refractivity contribution in [2.24, 2.45) is 0 Å². The summed E-state index contributed by atoms with van der Waals surface area (Å²) in [6.07, 6.45) is 5.46. The van der Waals surface area contributed by atoms with Gasteiger partial charge in [-0.1, -0.05) is 176 Å². The minimum Gasteiger partial charge on any atom is -0.309 e. The van der Waals surface area contributed by atoms with Crippen molar-refractivity contribution in [3.05, 3.63) is 246 Å². The first-order valence-corrected chi connectivity index (χ1v) is 21.5. The van der Waals surface area contributed by atoms with E-state index in [0.29, 0.717) is 11.6 Å². The van der Waals surface area contributed by atoms with Crippen molar-refractivity contribution in [1.82, 2.24) is 19.5 Å². The fraction of sp³-hybridized carbons (Fsp3) is 0.0517. The molecule has 1 spiro atoms. The lowest BCUT2D eigenvalue weighted by atomic mass is 9.65. The zero-order valence-electron chi connectivity index (χ0n) is 33.8. The molecule has 10 aromatic rings. The first kappa shape index (κ1) is 34.9. The molecular weight excluding hydrogens is 753 g/mol. The van der Waals surface area contributed by atoms with Gasteiger partial charge >= 0.3 is 0 Å². The number of fused-ring (bicyclic) bond motifs is 12. The van der Waals surface area contributed by atoms with Crippen molar-refractivity contribution in [3.8, 4) is 50.7 Å². The molecular formula is C58H38N4. The zero-order chi connectivity index (χ0) is 40.8. The smallest absolute Gasteiger partial charge is 0.163 e. The van der Waals surface area contributed by atoms with Gasteiger partial charge in [0.15, 0.2) is 11.6 Å². The van der Waals surface area contributed by atoms with Crippen LogP contribution in [0.25, 0.3) is 78.1 Å². The second kappa shape index (κ2) is 13.5. The van der Waals surface area contributed by atoms with Crippen LogP contribution in [0, 0.1) is 0 Å². The summed E-state index contributed by atoms with van der Waals surface area (Å²) in [4.78, 5) is 16.2. The van der Waals surface area contributed by atoms with Gasteiger partial charge in [-0.25, -0.2) is 15.0 Å². The minimum atomic E-state index is -0.476. The van der Waals surface area contributed by atoms with Gasteiger partial charge in [-0.15, -0.1) is 0 Å². The molecule has 3 aliphatic rings. The number of aromatic nitrogens is 4. The Balaban J connectivity index is 0.988. The minimum absolute atomic E-state index is 0.0988. The molecule has 2 heterocycles. The third kappa shape index (κ3) is 4.98. The summed E-state index contributed by atoms with van der Waals surface area (Å²) in [7, 11) is 0. The van der Waals surface area contributed by atoms with Crippen LogP contribution in [0.1, 0.15) is 40.4 Å². The molecule has 0 N–H and O–H groups in total. The maximum absolute atomic E-state index is 5.51. The van der Waals surface area contributed by atoms with Crippen molar-refractivity contribution in [2.75, 3.05) is 0 Å². The first-order chi connectivity index (χ1) is 30.8. The third-order valence-corrected chi connectivity index (χ3v) is 13.4. The van der Waals surface area contributed by atoms with E-state index in [1.165, 1.54) is 66.3 Å². The summed E-state index contributed by atoms with van der Waals surface area (Å²) < 4.78 is 2.36. The van der Waals surface area contributed by atoms with Gasteiger partial charge < -0.3 is 4.57 Å². The summed E-state index contributed by atoms with van der Waals surface area (Å²) >= 11 is 0. The van der Waals surface area contributed by atoms with Crippen LogP contribution in [0.5, 0.6) is 0 Å². The van der Waals surface area contributed by atoms with Gasteiger partial charge in [-0.2, -0.15) is 0 Å². The molecule has 0 fully saturated rings. The molecule has 8 aromatic carbocycles. The monoisotopic (exact) mass is 790 g/mol. The van der Waals surface area contributed by atoms with Crippen LogP contribution in [0.2, 0.25) is 0 Å². The maximum atomic E-state index is 5.51. The largest absolute Gasteiger partial charge is 0.309 e. The van der Waals surface area contributed by atoms with Gasteiger partial charge in [-0.05, 0) is 98.5 Å². The van der Waals surface area contributed by atoms with Crippen LogP contribution in [-0.4, -0.2) is 19.5 Å². The number of rotatable bonds is 5. The first-order valence-electron chi connectivity index (χ1n) is 21.5. The van der Waals surface area contributed by atoms with E-state index in [1.54, 1.807) is 0 Å². The Morgan fingerprint density at radius 3 is 1.76 bits per heavy atom. The van der Waals surface area contributed by atoms with E-state index < -0.39 is 5.41 Å². The van der Waals surface area contributed by atoms with Crippen LogP contribution in [0.15, 0.2) is 218 Å². The van der Waals surface area contributed by atoms with Gasteiger partial charge in [0.05, 0.1) is 16.4 Å². The number of nitrogens with zero attached hydrogens (tertiary/aromatic N) is 4. The third-order valence-electron chi connectivity index (χ3n) is 13.4. The summed E-state index contributed by atoms with van der Waals surface area (Å²) in [5, 5.41) is 2.45. The lowest BCUT2D eigenvalue weighted by Gasteiger charge is -2.37. The number of allylic oxidation sites excluding steroid dienone is 4. The molecule has 0 radical (unpaired) electrons. The van der Waals surface area contributed by atoms with E-state index in [4.69, 9.17) is 15.0 Å². The Bertz CT molecular complexity index is 3460. The summed E-state index contributed by atoms with van der Waals surface area (Å²) in [5.74, 6) is 2.05. The molecule has 1 unspecified atom stereocenters. The SMILES string of the molecule is C1=CC2=C(C(c3nc(-c4ccccc4)nc(-c4cccc(-c5ccc6c(c5)c5ccccc5n6-c5ccccc5)c4)n3)C1)C1(c3ccccc32)c2ccccc2-c2ccccc21. The highest BCUT2D eigenvalue weighted by Gasteiger charge is 2.55. The van der Waals surface area contributed by atoms with Crippen molar-refractivity contribution >= 4 is 27.4 Å². The Hall–Kier alpha value is -7.95. The van der Waals surface area contributed by atoms with Crippen LogP contribution in [-0.2, 0) is 5.41 Å². The lowest BCUT2D eigenvalue weighted by molar-refractivity contribution is 0.627. The van der Waals surface area contributed by atoms with Crippen LogP contribution < -0.4 is 0 Å². The molecule has 3 aliphatic carbocycles. The summed E-state index contributed by atoms with van der Waals surface area (Å²) in [5.41, 5.74) is 17.7. The fourth-order valence-electron chi connectivity index (χ4n) is 10.9. The van der Waals surface area contributed by atoms with E-state index in [9.17, 15) is 0 Å². The van der Waals surface area contributed by atoms with Gasteiger partial charge in [-0.3, -0.25) is 0 Å². The second-order valence-electron chi connectivity index (χ2n) is 16.6.